The molecule has 0 bridgehead atoms. The van der Waals surface area contributed by atoms with Gasteiger partial charge in [0.2, 0.25) is 0 Å². The lowest BCUT2D eigenvalue weighted by atomic mass is 10.1. The molecule has 2 nitrogen and oxygen atoms in total. The molecule has 13 heavy (non-hydrogen) atoms. The van der Waals surface area contributed by atoms with E-state index in [0.29, 0.717) is 12.0 Å². The molecule has 0 saturated heterocycles. The zero-order valence-corrected chi connectivity index (χ0v) is 7.29. The summed E-state index contributed by atoms with van der Waals surface area (Å²) in [7, 11) is 0. The standard InChI is InChI=1S/C10H10FNO/c1-2-3-4-10(13)8-5-9(11)7-12-6-8/h5-7,10,13H,4H2,1H3. The maximum atomic E-state index is 12.6. The van der Waals surface area contributed by atoms with Crippen LogP contribution in [0.1, 0.15) is 25.0 Å². The van der Waals surface area contributed by atoms with Gasteiger partial charge in [-0.2, -0.15) is 0 Å². The van der Waals surface area contributed by atoms with Gasteiger partial charge in [-0.25, -0.2) is 4.39 Å². The Morgan fingerprint density at radius 2 is 2.38 bits per heavy atom. The molecular formula is C10H10FNO. The summed E-state index contributed by atoms with van der Waals surface area (Å²) >= 11 is 0. The Morgan fingerprint density at radius 1 is 1.62 bits per heavy atom. The number of nitrogens with zero attached hydrogens (tertiary/aromatic N) is 1. The first-order valence-corrected chi connectivity index (χ1v) is 3.92. The van der Waals surface area contributed by atoms with E-state index in [1.165, 1.54) is 12.3 Å². The second-order valence-corrected chi connectivity index (χ2v) is 2.58. The Bertz CT molecular complexity index is 340. The topological polar surface area (TPSA) is 33.1 Å². The molecule has 1 unspecified atom stereocenters. The van der Waals surface area contributed by atoms with Crippen LogP contribution < -0.4 is 0 Å². The first kappa shape index (κ1) is 9.69. The van der Waals surface area contributed by atoms with Gasteiger partial charge < -0.3 is 5.11 Å². The Balaban J connectivity index is 2.74. The SMILES string of the molecule is CC#CCC(O)c1cncc(F)c1. The van der Waals surface area contributed by atoms with Gasteiger partial charge in [-0.3, -0.25) is 4.98 Å². The molecule has 0 aliphatic heterocycles. The summed E-state index contributed by atoms with van der Waals surface area (Å²) in [5.41, 5.74) is 0.461. The van der Waals surface area contributed by atoms with Crippen LogP contribution in [0, 0.1) is 17.7 Å². The maximum Gasteiger partial charge on any atom is 0.141 e. The van der Waals surface area contributed by atoms with E-state index in [1.807, 2.05) is 0 Å². The quantitative estimate of drug-likeness (QED) is 0.700. The molecule has 1 N–H and O–H groups in total. The van der Waals surface area contributed by atoms with Crippen molar-refractivity contribution >= 4 is 0 Å². The molecule has 1 aromatic heterocycles. The molecule has 1 atom stereocenters. The van der Waals surface area contributed by atoms with Gasteiger partial charge in [0, 0.05) is 18.2 Å². The fourth-order valence-corrected chi connectivity index (χ4v) is 0.927. The molecular weight excluding hydrogens is 169 g/mol. The van der Waals surface area contributed by atoms with Crippen molar-refractivity contribution in [2.75, 3.05) is 0 Å². The fraction of sp³-hybridized carbons (Fsp3) is 0.300. The number of halogens is 1. The van der Waals surface area contributed by atoms with E-state index in [0.717, 1.165) is 6.20 Å². The van der Waals surface area contributed by atoms with Gasteiger partial charge in [-0.05, 0) is 13.0 Å². The van der Waals surface area contributed by atoms with E-state index in [4.69, 9.17) is 0 Å². The lowest BCUT2D eigenvalue weighted by molar-refractivity contribution is 0.183. The van der Waals surface area contributed by atoms with Crippen LogP contribution in [0.2, 0.25) is 0 Å². The maximum absolute atomic E-state index is 12.6. The van der Waals surface area contributed by atoms with Gasteiger partial charge in [-0.1, -0.05) is 0 Å². The van der Waals surface area contributed by atoms with Crippen LogP contribution in [0.15, 0.2) is 18.5 Å². The van der Waals surface area contributed by atoms with Gasteiger partial charge >= 0.3 is 0 Å². The van der Waals surface area contributed by atoms with Gasteiger partial charge in [0.15, 0.2) is 0 Å². The molecule has 1 rings (SSSR count). The Labute approximate surface area is 76.4 Å². The lowest BCUT2D eigenvalue weighted by Crippen LogP contribution is -1.97. The van der Waals surface area contributed by atoms with E-state index in [-0.39, 0.29) is 0 Å². The van der Waals surface area contributed by atoms with E-state index in [9.17, 15) is 9.50 Å². The third-order valence-corrected chi connectivity index (χ3v) is 1.58. The molecule has 0 aliphatic carbocycles. The van der Waals surface area contributed by atoms with E-state index in [2.05, 4.69) is 16.8 Å². The van der Waals surface area contributed by atoms with Crippen molar-refractivity contribution < 1.29 is 9.50 Å². The zero-order chi connectivity index (χ0) is 9.68. The fourth-order valence-electron chi connectivity index (χ4n) is 0.927. The molecule has 0 amide bonds. The van der Waals surface area contributed by atoms with E-state index >= 15 is 0 Å². The average molecular weight is 179 g/mol. The molecule has 0 aromatic carbocycles. The summed E-state index contributed by atoms with van der Waals surface area (Å²) < 4.78 is 12.6. The molecule has 0 aliphatic rings. The number of aromatic nitrogens is 1. The highest BCUT2D eigenvalue weighted by molar-refractivity contribution is 5.15. The minimum Gasteiger partial charge on any atom is -0.387 e. The van der Waals surface area contributed by atoms with Crippen LogP contribution in [0.3, 0.4) is 0 Å². The highest BCUT2D eigenvalue weighted by Crippen LogP contribution is 2.15. The van der Waals surface area contributed by atoms with E-state index in [1.54, 1.807) is 6.92 Å². The zero-order valence-electron chi connectivity index (χ0n) is 7.29. The van der Waals surface area contributed by atoms with Crippen molar-refractivity contribution in [2.24, 2.45) is 0 Å². The van der Waals surface area contributed by atoms with Crippen molar-refractivity contribution in [1.82, 2.24) is 4.98 Å². The second-order valence-electron chi connectivity index (χ2n) is 2.58. The van der Waals surface area contributed by atoms with Crippen LogP contribution in [-0.2, 0) is 0 Å². The predicted octanol–water partition coefficient (Wildman–Crippen LogP) is 1.67. The summed E-state index contributed by atoms with van der Waals surface area (Å²) in [6.07, 6.45) is 2.09. The Kier molecular flexibility index (Phi) is 3.41. The molecule has 1 heterocycles. The van der Waals surface area contributed by atoms with Gasteiger partial charge in [0.05, 0.1) is 12.3 Å². The number of pyridine rings is 1. The lowest BCUT2D eigenvalue weighted by Gasteiger charge is -2.05. The number of rotatable bonds is 2. The summed E-state index contributed by atoms with van der Waals surface area (Å²) in [6.45, 7) is 1.69. The second kappa shape index (κ2) is 4.58. The van der Waals surface area contributed by atoms with E-state index < -0.39 is 11.9 Å². The van der Waals surface area contributed by atoms with Crippen molar-refractivity contribution in [2.45, 2.75) is 19.4 Å². The highest BCUT2D eigenvalue weighted by Gasteiger charge is 2.06. The summed E-state index contributed by atoms with van der Waals surface area (Å²) in [6, 6.07) is 1.26. The van der Waals surface area contributed by atoms with Gasteiger partial charge in [0.25, 0.3) is 0 Å². The summed E-state index contributed by atoms with van der Waals surface area (Å²) in [4.78, 5) is 3.63. The van der Waals surface area contributed by atoms with Crippen LogP contribution in [-0.4, -0.2) is 10.1 Å². The van der Waals surface area contributed by atoms with Crippen molar-refractivity contribution in [3.8, 4) is 11.8 Å². The third kappa shape index (κ3) is 2.85. The molecule has 0 spiro atoms. The largest absolute Gasteiger partial charge is 0.387 e. The van der Waals surface area contributed by atoms with Crippen LogP contribution in [0.4, 0.5) is 4.39 Å². The van der Waals surface area contributed by atoms with Gasteiger partial charge in [0.1, 0.15) is 5.82 Å². The average Bonchev–Trinajstić information content (AvgIpc) is 2.14. The molecule has 68 valence electrons. The number of aliphatic hydroxyl groups is 1. The van der Waals surface area contributed by atoms with Crippen molar-refractivity contribution in [3.05, 3.63) is 29.8 Å². The highest BCUT2D eigenvalue weighted by atomic mass is 19.1. The van der Waals surface area contributed by atoms with Crippen LogP contribution in [0.5, 0.6) is 0 Å². The molecule has 0 fully saturated rings. The van der Waals surface area contributed by atoms with Crippen LogP contribution >= 0.6 is 0 Å². The molecule has 0 radical (unpaired) electrons. The minimum atomic E-state index is -0.754. The van der Waals surface area contributed by atoms with Crippen molar-refractivity contribution in [1.29, 1.82) is 0 Å². The summed E-state index contributed by atoms with van der Waals surface area (Å²) in [5.74, 6) is 4.93. The third-order valence-electron chi connectivity index (χ3n) is 1.58. The normalized spacial score (nSPS) is 11.6. The first-order valence-electron chi connectivity index (χ1n) is 3.92. The Hall–Kier alpha value is -1.40. The van der Waals surface area contributed by atoms with Crippen molar-refractivity contribution in [3.63, 3.8) is 0 Å². The number of aliphatic hydroxyl groups excluding tert-OH is 1. The minimum absolute atomic E-state index is 0.307. The first-order chi connectivity index (χ1) is 6.24. The smallest absolute Gasteiger partial charge is 0.141 e. The molecule has 1 aromatic rings. The summed E-state index contributed by atoms with van der Waals surface area (Å²) in [5, 5.41) is 9.47. The molecule has 0 saturated carbocycles. The predicted molar refractivity (Wildman–Crippen MR) is 47.2 cm³/mol. The monoisotopic (exact) mass is 179 g/mol. The van der Waals surface area contributed by atoms with Gasteiger partial charge in [-0.15, -0.1) is 11.8 Å². The number of hydrogen-bond acceptors (Lipinski definition) is 2. The number of hydrogen-bond donors (Lipinski definition) is 1. The Morgan fingerprint density at radius 3 is 3.00 bits per heavy atom. The van der Waals surface area contributed by atoms with Crippen LogP contribution in [0.25, 0.3) is 0 Å². The molecule has 3 heteroatoms.